The van der Waals surface area contributed by atoms with Gasteiger partial charge in [0.2, 0.25) is 0 Å². The molecule has 0 aliphatic rings. The van der Waals surface area contributed by atoms with Crippen molar-refractivity contribution in [1.29, 1.82) is 0 Å². The van der Waals surface area contributed by atoms with Crippen LogP contribution in [0, 0.1) is 0 Å². The van der Waals surface area contributed by atoms with Crippen LogP contribution in [-0.2, 0) is 16.1 Å². The summed E-state index contributed by atoms with van der Waals surface area (Å²) >= 11 is 3.54. The first-order valence-corrected chi connectivity index (χ1v) is 6.44. The molecule has 0 fully saturated rings. The molecule has 0 atom stereocenters. The quantitative estimate of drug-likeness (QED) is 0.795. The van der Waals surface area contributed by atoms with Gasteiger partial charge < -0.3 is 4.74 Å². The van der Waals surface area contributed by atoms with Gasteiger partial charge in [-0.1, -0.05) is 58.4 Å². The van der Waals surface area contributed by atoms with Gasteiger partial charge in [-0.25, -0.2) is 0 Å². The average molecular weight is 305 g/mol. The van der Waals surface area contributed by atoms with Crippen molar-refractivity contribution < 1.29 is 9.53 Å². The standard InChI is InChI=1S/C15H13BrO2/c1-11(17)18-10-12-6-2-3-7-13(12)14-8-4-5-9-15(14)16/h2-9H,10H2,1H3. The van der Waals surface area contributed by atoms with Gasteiger partial charge in [-0.3, -0.25) is 4.79 Å². The van der Waals surface area contributed by atoms with Crippen LogP contribution >= 0.6 is 15.9 Å². The summed E-state index contributed by atoms with van der Waals surface area (Å²) in [6.45, 7) is 1.72. The van der Waals surface area contributed by atoms with Crippen LogP contribution in [-0.4, -0.2) is 5.97 Å². The molecule has 3 heteroatoms. The molecule has 0 saturated carbocycles. The van der Waals surface area contributed by atoms with Crippen molar-refractivity contribution in [2.45, 2.75) is 13.5 Å². The molecule has 0 saturated heterocycles. The highest BCUT2D eigenvalue weighted by Crippen LogP contribution is 2.30. The second-order valence-electron chi connectivity index (χ2n) is 3.92. The highest BCUT2D eigenvalue weighted by molar-refractivity contribution is 9.10. The van der Waals surface area contributed by atoms with E-state index in [0.29, 0.717) is 6.61 Å². The number of carbonyl (C=O) groups is 1. The van der Waals surface area contributed by atoms with Crippen molar-refractivity contribution in [2.75, 3.05) is 0 Å². The van der Waals surface area contributed by atoms with Crippen molar-refractivity contribution in [3.8, 4) is 11.1 Å². The largest absolute Gasteiger partial charge is 0.461 e. The normalized spacial score (nSPS) is 10.1. The van der Waals surface area contributed by atoms with E-state index in [9.17, 15) is 4.79 Å². The summed E-state index contributed by atoms with van der Waals surface area (Å²) in [5, 5.41) is 0. The summed E-state index contributed by atoms with van der Waals surface area (Å²) in [4.78, 5) is 10.9. The fourth-order valence-corrected chi connectivity index (χ4v) is 2.27. The number of benzene rings is 2. The molecular weight excluding hydrogens is 292 g/mol. The van der Waals surface area contributed by atoms with Crippen LogP contribution in [0.3, 0.4) is 0 Å². The summed E-state index contributed by atoms with van der Waals surface area (Å²) in [6, 6.07) is 15.9. The molecule has 0 heterocycles. The van der Waals surface area contributed by atoms with Gasteiger partial charge in [0.05, 0.1) is 0 Å². The summed E-state index contributed by atoms with van der Waals surface area (Å²) in [6.07, 6.45) is 0. The Kier molecular flexibility index (Phi) is 4.15. The number of rotatable bonds is 3. The maximum atomic E-state index is 10.9. The lowest BCUT2D eigenvalue weighted by Gasteiger charge is -2.11. The fourth-order valence-electron chi connectivity index (χ4n) is 1.77. The highest BCUT2D eigenvalue weighted by Gasteiger charge is 2.08. The van der Waals surface area contributed by atoms with E-state index in [1.165, 1.54) is 6.92 Å². The molecule has 0 spiro atoms. The molecule has 2 aromatic rings. The maximum absolute atomic E-state index is 10.9. The minimum atomic E-state index is -0.267. The van der Waals surface area contributed by atoms with Crippen LogP contribution < -0.4 is 0 Å². The molecule has 0 aliphatic heterocycles. The Hall–Kier alpha value is -1.61. The third kappa shape index (κ3) is 2.99. The third-order valence-corrected chi connectivity index (χ3v) is 3.30. The molecule has 2 rings (SSSR count). The van der Waals surface area contributed by atoms with Crippen molar-refractivity contribution in [2.24, 2.45) is 0 Å². The number of hydrogen-bond donors (Lipinski definition) is 0. The molecule has 0 unspecified atom stereocenters. The van der Waals surface area contributed by atoms with E-state index >= 15 is 0 Å². The molecule has 0 amide bonds. The first-order valence-electron chi connectivity index (χ1n) is 5.64. The van der Waals surface area contributed by atoms with Gasteiger partial charge in [0.15, 0.2) is 0 Å². The van der Waals surface area contributed by atoms with Crippen molar-refractivity contribution >= 4 is 21.9 Å². The smallest absolute Gasteiger partial charge is 0.302 e. The lowest BCUT2D eigenvalue weighted by molar-refractivity contribution is -0.142. The van der Waals surface area contributed by atoms with Crippen LogP contribution in [0.25, 0.3) is 11.1 Å². The Morgan fingerprint density at radius 1 is 1.06 bits per heavy atom. The monoisotopic (exact) mass is 304 g/mol. The molecule has 0 N–H and O–H groups in total. The van der Waals surface area contributed by atoms with E-state index in [1.54, 1.807) is 0 Å². The Morgan fingerprint density at radius 2 is 1.67 bits per heavy atom. The zero-order chi connectivity index (χ0) is 13.0. The Labute approximate surface area is 115 Å². The molecule has 18 heavy (non-hydrogen) atoms. The van der Waals surface area contributed by atoms with Crippen LogP contribution in [0.4, 0.5) is 0 Å². The average Bonchev–Trinajstić information content (AvgIpc) is 2.37. The molecule has 0 bridgehead atoms. The van der Waals surface area contributed by atoms with E-state index in [2.05, 4.69) is 15.9 Å². The lowest BCUT2D eigenvalue weighted by Crippen LogP contribution is -2.00. The predicted molar refractivity (Wildman–Crippen MR) is 75.0 cm³/mol. The summed E-state index contributed by atoms with van der Waals surface area (Å²) < 4.78 is 6.10. The zero-order valence-corrected chi connectivity index (χ0v) is 11.6. The van der Waals surface area contributed by atoms with Gasteiger partial charge in [-0.05, 0) is 22.8 Å². The van der Waals surface area contributed by atoms with Crippen LogP contribution in [0.5, 0.6) is 0 Å². The van der Waals surface area contributed by atoms with Gasteiger partial charge in [0.1, 0.15) is 6.61 Å². The summed E-state index contributed by atoms with van der Waals surface area (Å²) in [5.74, 6) is -0.267. The third-order valence-electron chi connectivity index (χ3n) is 2.61. The van der Waals surface area contributed by atoms with Crippen LogP contribution in [0.2, 0.25) is 0 Å². The van der Waals surface area contributed by atoms with Gasteiger partial charge in [-0.2, -0.15) is 0 Å². The molecule has 2 aromatic carbocycles. The number of hydrogen-bond acceptors (Lipinski definition) is 2. The van der Waals surface area contributed by atoms with E-state index in [4.69, 9.17) is 4.74 Å². The fraction of sp³-hybridized carbons (Fsp3) is 0.133. The molecule has 0 radical (unpaired) electrons. The van der Waals surface area contributed by atoms with E-state index < -0.39 is 0 Å². The number of carbonyl (C=O) groups excluding carboxylic acids is 1. The number of ether oxygens (including phenoxy) is 1. The topological polar surface area (TPSA) is 26.3 Å². The first-order chi connectivity index (χ1) is 8.68. The second kappa shape index (κ2) is 5.83. The highest BCUT2D eigenvalue weighted by atomic mass is 79.9. The predicted octanol–water partition coefficient (Wildman–Crippen LogP) is 4.18. The van der Waals surface area contributed by atoms with Crippen molar-refractivity contribution in [1.82, 2.24) is 0 Å². The van der Waals surface area contributed by atoms with Crippen LogP contribution in [0.15, 0.2) is 53.0 Å². The summed E-state index contributed by atoms with van der Waals surface area (Å²) in [5.41, 5.74) is 3.17. The van der Waals surface area contributed by atoms with Gasteiger partial charge in [0, 0.05) is 11.4 Å². The molecular formula is C15H13BrO2. The molecule has 0 aromatic heterocycles. The zero-order valence-electron chi connectivity index (χ0n) is 10.0. The Bertz CT molecular complexity index is 564. The number of esters is 1. The van der Waals surface area contributed by atoms with E-state index in [0.717, 1.165) is 21.2 Å². The lowest BCUT2D eigenvalue weighted by atomic mass is 10.0. The summed E-state index contributed by atoms with van der Waals surface area (Å²) in [7, 11) is 0. The Balaban J connectivity index is 2.39. The minimum absolute atomic E-state index is 0.267. The second-order valence-corrected chi connectivity index (χ2v) is 4.77. The minimum Gasteiger partial charge on any atom is -0.461 e. The van der Waals surface area contributed by atoms with Gasteiger partial charge >= 0.3 is 5.97 Å². The van der Waals surface area contributed by atoms with Gasteiger partial charge in [-0.15, -0.1) is 0 Å². The molecule has 92 valence electrons. The SMILES string of the molecule is CC(=O)OCc1ccccc1-c1ccccc1Br. The van der Waals surface area contributed by atoms with E-state index in [-0.39, 0.29) is 5.97 Å². The van der Waals surface area contributed by atoms with Crippen LogP contribution in [0.1, 0.15) is 12.5 Å². The molecule has 0 aliphatic carbocycles. The van der Waals surface area contributed by atoms with E-state index in [1.807, 2.05) is 48.5 Å². The Morgan fingerprint density at radius 3 is 2.33 bits per heavy atom. The van der Waals surface area contributed by atoms with Crippen molar-refractivity contribution in [3.63, 3.8) is 0 Å². The van der Waals surface area contributed by atoms with Gasteiger partial charge in [0.25, 0.3) is 0 Å². The first kappa shape index (κ1) is 12.8. The number of halogens is 1. The van der Waals surface area contributed by atoms with Crippen molar-refractivity contribution in [3.05, 3.63) is 58.6 Å². The molecule has 2 nitrogen and oxygen atoms in total. The maximum Gasteiger partial charge on any atom is 0.302 e.